The molecule has 7 nitrogen and oxygen atoms in total. The fourth-order valence-corrected chi connectivity index (χ4v) is 1.66. The van der Waals surface area contributed by atoms with Gasteiger partial charge in [0, 0.05) is 6.42 Å². The summed E-state index contributed by atoms with van der Waals surface area (Å²) in [6.07, 6.45) is 0.133. The smallest absolute Gasteiger partial charge is 0.320 e. The summed E-state index contributed by atoms with van der Waals surface area (Å²) in [5.41, 5.74) is 11.9. The molecule has 1 aromatic rings. The number of carbonyl (C=O) groups is 3. The Morgan fingerprint density at radius 3 is 2.29 bits per heavy atom. The summed E-state index contributed by atoms with van der Waals surface area (Å²) in [4.78, 5) is 33.7. The maximum absolute atomic E-state index is 11.7. The van der Waals surface area contributed by atoms with Crippen molar-refractivity contribution in [3.8, 4) is 0 Å². The van der Waals surface area contributed by atoms with E-state index in [4.69, 9.17) is 16.6 Å². The third-order valence-electron chi connectivity index (χ3n) is 2.90. The van der Waals surface area contributed by atoms with Crippen LogP contribution in [0.15, 0.2) is 30.3 Å². The Bertz CT molecular complexity index is 504. The standard InChI is InChI=1S/C14H19N3O4/c15-10(14(20)21)6-7-12(18)17-13(19)11(16)8-9-4-2-1-3-5-9/h1-5,10-11H,6-8,15-16H2,(H,20,21)(H,17,18,19). The number of carbonyl (C=O) groups excluding carboxylic acids is 2. The quantitative estimate of drug-likeness (QED) is 0.529. The summed E-state index contributed by atoms with van der Waals surface area (Å²) < 4.78 is 0. The van der Waals surface area contributed by atoms with Crippen LogP contribution >= 0.6 is 0 Å². The van der Waals surface area contributed by atoms with Crippen molar-refractivity contribution in [1.29, 1.82) is 0 Å². The minimum absolute atomic E-state index is 0.0393. The molecular formula is C14H19N3O4. The van der Waals surface area contributed by atoms with Crippen LogP contribution in [0.1, 0.15) is 18.4 Å². The molecule has 1 rings (SSSR count). The third-order valence-corrected chi connectivity index (χ3v) is 2.90. The van der Waals surface area contributed by atoms with Crippen LogP contribution in [-0.4, -0.2) is 35.0 Å². The summed E-state index contributed by atoms with van der Waals surface area (Å²) in [6, 6.07) is 7.22. The first-order valence-electron chi connectivity index (χ1n) is 6.51. The lowest BCUT2D eigenvalue weighted by Crippen LogP contribution is -2.45. The van der Waals surface area contributed by atoms with Crippen LogP contribution in [0.5, 0.6) is 0 Å². The predicted molar refractivity (Wildman–Crippen MR) is 76.1 cm³/mol. The van der Waals surface area contributed by atoms with Crippen LogP contribution in [0, 0.1) is 0 Å². The minimum Gasteiger partial charge on any atom is -0.480 e. The molecule has 0 spiro atoms. The minimum atomic E-state index is -1.19. The topological polar surface area (TPSA) is 136 Å². The third kappa shape index (κ3) is 6.15. The SMILES string of the molecule is NC(CCC(=O)NC(=O)C(N)Cc1ccccc1)C(=O)O. The summed E-state index contributed by atoms with van der Waals surface area (Å²) in [7, 11) is 0. The zero-order valence-electron chi connectivity index (χ0n) is 11.5. The van der Waals surface area contributed by atoms with Gasteiger partial charge in [-0.15, -0.1) is 0 Å². The molecule has 6 N–H and O–H groups in total. The second kappa shape index (κ2) is 8.13. The molecule has 0 fully saturated rings. The molecule has 7 heteroatoms. The highest BCUT2D eigenvalue weighted by atomic mass is 16.4. The van der Waals surface area contributed by atoms with Crippen LogP contribution in [-0.2, 0) is 20.8 Å². The highest BCUT2D eigenvalue weighted by molar-refractivity contribution is 5.97. The van der Waals surface area contributed by atoms with Gasteiger partial charge in [-0.05, 0) is 18.4 Å². The maximum atomic E-state index is 11.7. The highest BCUT2D eigenvalue weighted by Crippen LogP contribution is 2.02. The van der Waals surface area contributed by atoms with Crippen molar-refractivity contribution in [1.82, 2.24) is 5.32 Å². The van der Waals surface area contributed by atoms with Crippen molar-refractivity contribution in [3.05, 3.63) is 35.9 Å². The molecular weight excluding hydrogens is 274 g/mol. The summed E-state index contributed by atoms with van der Waals surface area (Å²) >= 11 is 0. The average molecular weight is 293 g/mol. The van der Waals surface area contributed by atoms with Gasteiger partial charge in [0.1, 0.15) is 6.04 Å². The van der Waals surface area contributed by atoms with Gasteiger partial charge in [-0.2, -0.15) is 0 Å². The van der Waals surface area contributed by atoms with E-state index in [1.807, 2.05) is 30.3 Å². The number of nitrogens with two attached hydrogens (primary N) is 2. The van der Waals surface area contributed by atoms with Crippen molar-refractivity contribution in [2.45, 2.75) is 31.3 Å². The Labute approximate surface area is 122 Å². The van der Waals surface area contributed by atoms with E-state index in [1.165, 1.54) is 0 Å². The van der Waals surface area contributed by atoms with Gasteiger partial charge in [-0.25, -0.2) is 0 Å². The Kier molecular flexibility index (Phi) is 6.51. The maximum Gasteiger partial charge on any atom is 0.320 e. The molecule has 0 radical (unpaired) electrons. The largest absolute Gasteiger partial charge is 0.480 e. The van der Waals surface area contributed by atoms with Crippen LogP contribution in [0.25, 0.3) is 0 Å². The first kappa shape index (κ1) is 16.8. The van der Waals surface area contributed by atoms with Gasteiger partial charge >= 0.3 is 5.97 Å². The van der Waals surface area contributed by atoms with E-state index in [0.29, 0.717) is 6.42 Å². The number of hydrogen-bond acceptors (Lipinski definition) is 5. The molecule has 114 valence electrons. The summed E-state index contributed by atoms with van der Waals surface area (Å²) in [6.45, 7) is 0. The van der Waals surface area contributed by atoms with Crippen LogP contribution in [0.4, 0.5) is 0 Å². The number of imide groups is 1. The number of benzene rings is 1. The summed E-state index contributed by atoms with van der Waals surface area (Å²) in [5, 5.41) is 10.7. The van der Waals surface area contributed by atoms with E-state index in [0.717, 1.165) is 5.56 Å². The average Bonchev–Trinajstić information content (AvgIpc) is 2.45. The Hall–Kier alpha value is -2.25. The lowest BCUT2D eigenvalue weighted by Gasteiger charge is -2.12. The van der Waals surface area contributed by atoms with E-state index >= 15 is 0 Å². The van der Waals surface area contributed by atoms with Gasteiger partial charge in [-0.3, -0.25) is 19.7 Å². The van der Waals surface area contributed by atoms with Crippen molar-refractivity contribution in [2.75, 3.05) is 0 Å². The molecule has 0 aliphatic heterocycles. The van der Waals surface area contributed by atoms with E-state index in [9.17, 15) is 14.4 Å². The van der Waals surface area contributed by atoms with Gasteiger partial charge in [0.05, 0.1) is 6.04 Å². The summed E-state index contributed by atoms with van der Waals surface area (Å²) in [5.74, 6) is -2.36. The number of rotatable bonds is 7. The van der Waals surface area contributed by atoms with Crippen molar-refractivity contribution >= 4 is 17.8 Å². The molecule has 0 saturated carbocycles. The fraction of sp³-hybridized carbons (Fsp3) is 0.357. The first-order valence-corrected chi connectivity index (χ1v) is 6.51. The number of amides is 2. The second-order valence-electron chi connectivity index (χ2n) is 4.69. The number of carboxylic acid groups (broad SMARTS) is 1. The van der Waals surface area contributed by atoms with E-state index < -0.39 is 29.9 Å². The van der Waals surface area contributed by atoms with E-state index in [2.05, 4.69) is 5.32 Å². The molecule has 21 heavy (non-hydrogen) atoms. The predicted octanol–water partition coefficient (Wildman–Crippen LogP) is -0.609. The second-order valence-corrected chi connectivity index (χ2v) is 4.69. The van der Waals surface area contributed by atoms with Crippen LogP contribution in [0.2, 0.25) is 0 Å². The van der Waals surface area contributed by atoms with Crippen molar-refractivity contribution in [2.24, 2.45) is 11.5 Å². The number of aliphatic carboxylic acids is 1. The van der Waals surface area contributed by atoms with E-state index in [1.54, 1.807) is 0 Å². The normalized spacial score (nSPS) is 13.2. The molecule has 0 saturated heterocycles. The number of carboxylic acids is 1. The van der Waals surface area contributed by atoms with Gasteiger partial charge in [-0.1, -0.05) is 30.3 Å². The number of nitrogens with one attached hydrogen (secondary N) is 1. The zero-order valence-corrected chi connectivity index (χ0v) is 11.5. The van der Waals surface area contributed by atoms with Crippen LogP contribution < -0.4 is 16.8 Å². The van der Waals surface area contributed by atoms with Gasteiger partial charge in [0.15, 0.2) is 0 Å². The van der Waals surface area contributed by atoms with Gasteiger partial charge < -0.3 is 16.6 Å². The zero-order chi connectivity index (χ0) is 15.8. The Balaban J connectivity index is 2.38. The molecule has 0 heterocycles. The molecule has 0 bridgehead atoms. The molecule has 2 unspecified atom stereocenters. The van der Waals surface area contributed by atoms with Crippen molar-refractivity contribution < 1.29 is 19.5 Å². The van der Waals surface area contributed by atoms with Gasteiger partial charge in [0.25, 0.3) is 0 Å². The molecule has 0 aliphatic rings. The first-order chi connectivity index (χ1) is 9.90. The fourth-order valence-electron chi connectivity index (χ4n) is 1.66. The lowest BCUT2D eigenvalue weighted by molar-refractivity contribution is -0.138. The monoisotopic (exact) mass is 293 g/mol. The van der Waals surface area contributed by atoms with Gasteiger partial charge in [0.2, 0.25) is 11.8 Å². The highest BCUT2D eigenvalue weighted by Gasteiger charge is 2.18. The Morgan fingerprint density at radius 2 is 1.71 bits per heavy atom. The van der Waals surface area contributed by atoms with E-state index in [-0.39, 0.29) is 12.8 Å². The Morgan fingerprint density at radius 1 is 1.10 bits per heavy atom. The molecule has 2 atom stereocenters. The van der Waals surface area contributed by atoms with Crippen LogP contribution in [0.3, 0.4) is 0 Å². The molecule has 0 aliphatic carbocycles. The molecule has 1 aromatic carbocycles. The van der Waals surface area contributed by atoms with Crippen molar-refractivity contribution in [3.63, 3.8) is 0 Å². The lowest BCUT2D eigenvalue weighted by atomic mass is 10.1. The number of hydrogen-bond donors (Lipinski definition) is 4. The molecule has 2 amide bonds. The molecule has 0 aromatic heterocycles.